The molecule has 6 heteroatoms. The lowest BCUT2D eigenvalue weighted by Gasteiger charge is -2.28. The second-order valence-corrected chi connectivity index (χ2v) is 7.16. The van der Waals surface area contributed by atoms with Gasteiger partial charge < -0.3 is 15.3 Å². The zero-order valence-corrected chi connectivity index (χ0v) is 17.1. The maximum absolute atomic E-state index is 13.6. The summed E-state index contributed by atoms with van der Waals surface area (Å²) in [5.74, 6) is -0.323. The average Bonchev–Trinajstić information content (AvgIpc) is 2.75. The maximum atomic E-state index is 13.6. The molecular weight excluding hydrogens is 378 g/mol. The summed E-state index contributed by atoms with van der Waals surface area (Å²) in [6, 6.07) is 17.5. The largest absolute Gasteiger partial charge is 0.465 e. The number of nitrogens with zero attached hydrogens (tertiary/aromatic N) is 2. The van der Waals surface area contributed by atoms with Crippen LogP contribution >= 0.6 is 0 Å². The second kappa shape index (κ2) is 9.69. The van der Waals surface area contributed by atoms with E-state index in [0.717, 1.165) is 22.4 Å². The van der Waals surface area contributed by atoms with Gasteiger partial charge in [0.15, 0.2) is 0 Å². The molecule has 2 N–H and O–H groups in total. The summed E-state index contributed by atoms with van der Waals surface area (Å²) in [4.78, 5) is 30.8. The van der Waals surface area contributed by atoms with E-state index in [1.807, 2.05) is 50.2 Å². The summed E-state index contributed by atoms with van der Waals surface area (Å²) in [5.41, 5.74) is 4.53. The van der Waals surface area contributed by atoms with Gasteiger partial charge in [-0.05, 0) is 60.7 Å². The van der Waals surface area contributed by atoms with Crippen LogP contribution in [0, 0.1) is 13.8 Å². The number of nitrogens with one attached hydrogen (secondary N) is 1. The molecule has 0 saturated carbocycles. The highest BCUT2D eigenvalue weighted by atomic mass is 16.4. The van der Waals surface area contributed by atoms with Gasteiger partial charge >= 0.3 is 6.09 Å². The van der Waals surface area contributed by atoms with Crippen LogP contribution in [0.2, 0.25) is 0 Å². The van der Waals surface area contributed by atoms with Crippen molar-refractivity contribution in [2.45, 2.75) is 26.3 Å². The van der Waals surface area contributed by atoms with Crippen LogP contribution in [0.4, 0.5) is 10.5 Å². The summed E-state index contributed by atoms with van der Waals surface area (Å²) < 4.78 is 0. The van der Waals surface area contributed by atoms with Crippen LogP contribution in [-0.4, -0.2) is 28.6 Å². The Morgan fingerprint density at radius 2 is 1.80 bits per heavy atom. The van der Waals surface area contributed by atoms with Crippen LogP contribution < -0.4 is 10.2 Å². The molecule has 1 atom stereocenters. The highest BCUT2D eigenvalue weighted by molar-refractivity contribution is 5.99. The number of carboxylic acid groups (broad SMARTS) is 1. The third-order valence-corrected chi connectivity index (χ3v) is 5.06. The molecular formula is C24H25N3O3. The molecule has 0 bridgehead atoms. The highest BCUT2D eigenvalue weighted by Crippen LogP contribution is 2.24. The van der Waals surface area contributed by atoms with Crippen molar-refractivity contribution in [2.75, 3.05) is 11.4 Å². The first-order valence-electron chi connectivity index (χ1n) is 9.77. The molecule has 0 aliphatic carbocycles. The molecule has 2 amide bonds. The minimum atomic E-state index is -1.25. The van der Waals surface area contributed by atoms with Crippen molar-refractivity contribution in [1.29, 1.82) is 0 Å². The minimum Gasteiger partial charge on any atom is -0.465 e. The highest BCUT2D eigenvalue weighted by Gasteiger charge is 2.28. The molecule has 0 saturated heterocycles. The zero-order chi connectivity index (χ0) is 21.5. The molecule has 0 spiro atoms. The van der Waals surface area contributed by atoms with E-state index in [0.29, 0.717) is 18.5 Å². The standard InChI is InChI=1S/C24H25N3O3/c1-17-10-11-21(15-18(17)2)27(14-12-19-7-6-13-25-16-19)23(28)22(26-24(29)30)20-8-4-3-5-9-20/h3-11,13,15-16,22,26H,12,14H2,1-2H3,(H,29,30)/t22-/m0/s1. The lowest BCUT2D eigenvalue weighted by Crippen LogP contribution is -2.43. The van der Waals surface area contributed by atoms with Gasteiger partial charge in [0.25, 0.3) is 5.91 Å². The predicted molar refractivity (Wildman–Crippen MR) is 117 cm³/mol. The molecule has 0 unspecified atom stereocenters. The van der Waals surface area contributed by atoms with Crippen molar-refractivity contribution in [1.82, 2.24) is 10.3 Å². The van der Waals surface area contributed by atoms with Gasteiger partial charge in [0.05, 0.1) is 0 Å². The molecule has 154 valence electrons. The van der Waals surface area contributed by atoms with Crippen LogP contribution in [0.3, 0.4) is 0 Å². The fourth-order valence-corrected chi connectivity index (χ4v) is 3.26. The number of carbonyl (C=O) groups is 2. The molecule has 3 rings (SSSR count). The number of aromatic nitrogens is 1. The number of pyridine rings is 1. The Kier molecular flexibility index (Phi) is 6.80. The van der Waals surface area contributed by atoms with Crippen LogP contribution in [0.1, 0.15) is 28.3 Å². The Labute approximate surface area is 176 Å². The summed E-state index contributed by atoms with van der Waals surface area (Å²) in [7, 11) is 0. The van der Waals surface area contributed by atoms with E-state index in [1.54, 1.807) is 41.6 Å². The molecule has 0 aliphatic rings. The monoisotopic (exact) mass is 403 g/mol. The molecule has 2 aromatic carbocycles. The van der Waals surface area contributed by atoms with Crippen LogP contribution in [0.5, 0.6) is 0 Å². The van der Waals surface area contributed by atoms with Crippen molar-refractivity contribution in [3.63, 3.8) is 0 Å². The van der Waals surface area contributed by atoms with Gasteiger partial charge in [-0.25, -0.2) is 4.79 Å². The average molecular weight is 403 g/mol. The first-order valence-corrected chi connectivity index (χ1v) is 9.77. The predicted octanol–water partition coefficient (Wildman–Crippen LogP) is 4.28. The number of carbonyl (C=O) groups excluding carboxylic acids is 1. The molecule has 1 aromatic heterocycles. The lowest BCUT2D eigenvalue weighted by atomic mass is 10.0. The Bertz CT molecular complexity index is 1010. The normalized spacial score (nSPS) is 11.5. The number of aryl methyl sites for hydroxylation is 2. The number of amides is 2. The second-order valence-electron chi connectivity index (χ2n) is 7.16. The zero-order valence-electron chi connectivity index (χ0n) is 17.1. The summed E-state index contributed by atoms with van der Waals surface area (Å²) in [5, 5.41) is 11.7. The molecule has 6 nitrogen and oxygen atoms in total. The van der Waals surface area contributed by atoms with E-state index >= 15 is 0 Å². The van der Waals surface area contributed by atoms with Gasteiger partial charge in [0, 0.05) is 24.6 Å². The molecule has 1 heterocycles. The number of rotatable bonds is 7. The first kappa shape index (κ1) is 21.0. The van der Waals surface area contributed by atoms with Gasteiger partial charge in [-0.15, -0.1) is 0 Å². The number of benzene rings is 2. The van der Waals surface area contributed by atoms with E-state index in [2.05, 4.69) is 10.3 Å². The third kappa shape index (κ3) is 5.23. The van der Waals surface area contributed by atoms with E-state index in [9.17, 15) is 14.7 Å². The number of anilines is 1. The van der Waals surface area contributed by atoms with Crippen molar-refractivity contribution in [3.05, 3.63) is 95.3 Å². The van der Waals surface area contributed by atoms with E-state index in [4.69, 9.17) is 0 Å². The van der Waals surface area contributed by atoms with Crippen molar-refractivity contribution < 1.29 is 14.7 Å². The molecule has 0 aliphatic heterocycles. The van der Waals surface area contributed by atoms with E-state index in [-0.39, 0.29) is 5.91 Å². The summed E-state index contributed by atoms with van der Waals surface area (Å²) in [6.45, 7) is 4.41. The summed E-state index contributed by atoms with van der Waals surface area (Å²) in [6.07, 6.45) is 2.83. The number of hydrogen-bond donors (Lipinski definition) is 2. The van der Waals surface area contributed by atoms with Gasteiger partial charge in [-0.3, -0.25) is 9.78 Å². The Hall–Kier alpha value is -3.67. The Balaban J connectivity index is 1.96. The smallest absolute Gasteiger partial charge is 0.405 e. The van der Waals surface area contributed by atoms with Crippen LogP contribution in [-0.2, 0) is 11.2 Å². The topological polar surface area (TPSA) is 82.5 Å². The fourth-order valence-electron chi connectivity index (χ4n) is 3.26. The molecule has 30 heavy (non-hydrogen) atoms. The third-order valence-electron chi connectivity index (χ3n) is 5.06. The number of hydrogen-bond acceptors (Lipinski definition) is 3. The molecule has 3 aromatic rings. The van der Waals surface area contributed by atoms with Gasteiger partial charge in [0.2, 0.25) is 0 Å². The van der Waals surface area contributed by atoms with Gasteiger partial charge in [-0.1, -0.05) is 42.5 Å². The molecule has 0 fully saturated rings. The van der Waals surface area contributed by atoms with E-state index in [1.165, 1.54) is 0 Å². The minimum absolute atomic E-state index is 0.323. The van der Waals surface area contributed by atoms with Gasteiger partial charge in [-0.2, -0.15) is 0 Å². The Morgan fingerprint density at radius 3 is 2.43 bits per heavy atom. The molecule has 0 radical (unpaired) electrons. The van der Waals surface area contributed by atoms with Gasteiger partial charge in [0.1, 0.15) is 6.04 Å². The Morgan fingerprint density at radius 1 is 1.03 bits per heavy atom. The lowest BCUT2D eigenvalue weighted by molar-refractivity contribution is -0.120. The van der Waals surface area contributed by atoms with E-state index < -0.39 is 12.1 Å². The van der Waals surface area contributed by atoms with Crippen LogP contribution in [0.25, 0.3) is 0 Å². The first-order chi connectivity index (χ1) is 14.5. The van der Waals surface area contributed by atoms with Crippen LogP contribution in [0.15, 0.2) is 73.1 Å². The quantitative estimate of drug-likeness (QED) is 0.617. The summed E-state index contributed by atoms with van der Waals surface area (Å²) >= 11 is 0. The van der Waals surface area contributed by atoms with Crippen molar-refractivity contribution in [2.24, 2.45) is 0 Å². The van der Waals surface area contributed by atoms with Crippen molar-refractivity contribution >= 4 is 17.7 Å². The maximum Gasteiger partial charge on any atom is 0.405 e. The SMILES string of the molecule is Cc1ccc(N(CCc2cccnc2)C(=O)[C@@H](NC(=O)O)c2ccccc2)cc1C. The fraction of sp³-hybridized carbons (Fsp3) is 0.208. The van der Waals surface area contributed by atoms with Crippen molar-refractivity contribution in [3.8, 4) is 0 Å².